The van der Waals surface area contributed by atoms with Gasteiger partial charge in [0.25, 0.3) is 0 Å². The molecule has 1 heterocycles. The van der Waals surface area contributed by atoms with Gasteiger partial charge >= 0.3 is 0 Å². The second-order valence-corrected chi connectivity index (χ2v) is 7.52. The highest BCUT2D eigenvalue weighted by molar-refractivity contribution is 9.10. The molecular weight excluding hydrogens is 328 g/mol. The molecule has 0 spiro atoms. The highest BCUT2D eigenvalue weighted by Gasteiger charge is 2.38. The predicted octanol–water partition coefficient (Wildman–Crippen LogP) is 5.37. The Balaban J connectivity index is 2.09. The summed E-state index contributed by atoms with van der Waals surface area (Å²) in [6.45, 7) is 4.64. The van der Waals surface area contributed by atoms with E-state index in [1.54, 1.807) is 0 Å². The van der Waals surface area contributed by atoms with E-state index in [2.05, 4.69) is 47.1 Å². The van der Waals surface area contributed by atoms with E-state index < -0.39 is 0 Å². The van der Waals surface area contributed by atoms with E-state index in [1.165, 1.54) is 19.3 Å². The quantitative estimate of drug-likeness (QED) is 0.793. The van der Waals surface area contributed by atoms with Gasteiger partial charge < -0.3 is 10.3 Å². The van der Waals surface area contributed by atoms with Gasteiger partial charge in [0.2, 0.25) is 0 Å². The zero-order valence-corrected chi connectivity index (χ0v) is 14.1. The van der Waals surface area contributed by atoms with Crippen molar-refractivity contribution in [3.05, 3.63) is 34.5 Å². The lowest BCUT2D eigenvalue weighted by Gasteiger charge is -2.37. The van der Waals surface area contributed by atoms with Gasteiger partial charge in [-0.2, -0.15) is 0 Å². The van der Waals surface area contributed by atoms with E-state index >= 15 is 0 Å². The largest absolute Gasteiger partial charge is 0.380 e. The Kier molecular flexibility index (Phi) is 3.82. The van der Waals surface area contributed by atoms with Crippen LogP contribution in [-0.2, 0) is 0 Å². The number of rotatable bonds is 2. The van der Waals surface area contributed by atoms with E-state index in [0.29, 0.717) is 11.7 Å². The third-order valence-electron chi connectivity index (χ3n) is 4.68. The molecule has 0 saturated heterocycles. The Labute approximate surface area is 134 Å². The molecule has 4 heteroatoms. The van der Waals surface area contributed by atoms with Gasteiger partial charge in [-0.1, -0.05) is 59.9 Å². The second kappa shape index (κ2) is 5.48. The number of hydrogen-bond donors (Lipinski definition) is 1. The molecule has 1 aromatic carbocycles. The summed E-state index contributed by atoms with van der Waals surface area (Å²) in [7, 11) is 0. The van der Waals surface area contributed by atoms with Crippen LogP contribution >= 0.6 is 15.9 Å². The van der Waals surface area contributed by atoms with Crippen LogP contribution in [0.5, 0.6) is 0 Å². The number of anilines is 1. The average Bonchev–Trinajstić information content (AvgIpc) is 2.80. The molecule has 2 aromatic rings. The molecule has 0 radical (unpaired) electrons. The molecule has 0 bridgehead atoms. The van der Waals surface area contributed by atoms with E-state index in [0.717, 1.165) is 27.8 Å². The maximum Gasteiger partial charge on any atom is 0.175 e. The van der Waals surface area contributed by atoms with Crippen molar-refractivity contribution in [2.45, 2.75) is 45.4 Å². The van der Waals surface area contributed by atoms with E-state index in [-0.39, 0.29) is 5.41 Å². The topological polar surface area (TPSA) is 52.0 Å². The summed E-state index contributed by atoms with van der Waals surface area (Å²) >= 11 is 3.52. The van der Waals surface area contributed by atoms with Crippen molar-refractivity contribution in [1.29, 1.82) is 0 Å². The smallest absolute Gasteiger partial charge is 0.175 e. The summed E-state index contributed by atoms with van der Waals surface area (Å²) in [5.41, 5.74) is 8.36. The minimum atomic E-state index is 0.227. The monoisotopic (exact) mass is 348 g/mol. The molecule has 2 N–H and O–H groups in total. The van der Waals surface area contributed by atoms with Crippen LogP contribution < -0.4 is 5.73 Å². The Morgan fingerprint density at radius 3 is 2.86 bits per heavy atom. The van der Waals surface area contributed by atoms with Crippen LogP contribution in [0.15, 0.2) is 33.3 Å². The molecule has 1 aliphatic carbocycles. The van der Waals surface area contributed by atoms with Gasteiger partial charge in [-0.25, -0.2) is 0 Å². The minimum absolute atomic E-state index is 0.227. The summed E-state index contributed by atoms with van der Waals surface area (Å²) < 4.78 is 6.71. The van der Waals surface area contributed by atoms with E-state index in [1.807, 2.05) is 12.1 Å². The number of benzene rings is 1. The molecule has 1 atom stereocenters. The summed E-state index contributed by atoms with van der Waals surface area (Å²) in [5, 5.41) is 4.05. The number of aromatic nitrogens is 1. The van der Waals surface area contributed by atoms with Gasteiger partial charge in [0.1, 0.15) is 5.76 Å². The lowest BCUT2D eigenvalue weighted by molar-refractivity contribution is 0.169. The van der Waals surface area contributed by atoms with Gasteiger partial charge in [0, 0.05) is 10.4 Å². The fourth-order valence-corrected chi connectivity index (χ4v) is 3.87. The molecule has 0 amide bonds. The van der Waals surface area contributed by atoms with E-state index in [4.69, 9.17) is 10.3 Å². The number of nitrogens with two attached hydrogens (primary N) is 1. The first-order valence-electron chi connectivity index (χ1n) is 7.50. The van der Waals surface area contributed by atoms with Crippen LogP contribution in [0.4, 0.5) is 5.82 Å². The average molecular weight is 349 g/mol. The summed E-state index contributed by atoms with van der Waals surface area (Å²) in [6, 6.07) is 8.16. The van der Waals surface area contributed by atoms with Gasteiger partial charge in [0.05, 0.1) is 5.56 Å². The standard InChI is InChI=1S/C17H21BrN2O/c1-17(2)9-4-3-8-13(17)15-14(16(19)20-21-15)11-6-5-7-12(18)10-11/h5-7,10,13H,3-4,8-9H2,1-2H3,(H2,19,20). The normalized spacial score (nSPS) is 21.4. The van der Waals surface area contributed by atoms with Gasteiger partial charge in [0.15, 0.2) is 5.82 Å². The van der Waals surface area contributed by atoms with E-state index in [9.17, 15) is 0 Å². The Morgan fingerprint density at radius 1 is 1.33 bits per heavy atom. The van der Waals surface area contributed by atoms with Gasteiger partial charge in [-0.3, -0.25) is 0 Å². The Bertz CT molecular complexity index is 648. The van der Waals surface area contributed by atoms with Crippen molar-refractivity contribution < 1.29 is 4.52 Å². The molecule has 1 aliphatic rings. The maximum absolute atomic E-state index is 6.10. The maximum atomic E-state index is 6.10. The van der Waals surface area contributed by atoms with Crippen LogP contribution in [0.3, 0.4) is 0 Å². The van der Waals surface area contributed by atoms with Crippen LogP contribution in [0.1, 0.15) is 51.2 Å². The van der Waals surface area contributed by atoms with Crippen LogP contribution in [0.2, 0.25) is 0 Å². The SMILES string of the molecule is CC1(C)CCCCC1c1onc(N)c1-c1cccc(Br)c1. The first-order valence-corrected chi connectivity index (χ1v) is 8.29. The Morgan fingerprint density at radius 2 is 2.14 bits per heavy atom. The molecular formula is C17H21BrN2O. The third kappa shape index (κ3) is 2.73. The summed E-state index contributed by atoms with van der Waals surface area (Å²) in [5.74, 6) is 1.82. The highest BCUT2D eigenvalue weighted by atomic mass is 79.9. The predicted molar refractivity (Wildman–Crippen MR) is 89.0 cm³/mol. The van der Waals surface area contributed by atoms with Crippen molar-refractivity contribution in [2.24, 2.45) is 5.41 Å². The first kappa shape index (κ1) is 14.6. The molecule has 1 aromatic heterocycles. The highest BCUT2D eigenvalue weighted by Crippen LogP contribution is 2.50. The summed E-state index contributed by atoms with van der Waals surface area (Å²) in [4.78, 5) is 0. The number of nitrogen functional groups attached to an aromatic ring is 1. The van der Waals surface area contributed by atoms with Crippen LogP contribution in [0.25, 0.3) is 11.1 Å². The molecule has 3 rings (SSSR count). The molecule has 1 saturated carbocycles. The Hall–Kier alpha value is -1.29. The second-order valence-electron chi connectivity index (χ2n) is 6.60. The third-order valence-corrected chi connectivity index (χ3v) is 5.18. The van der Waals surface area contributed by atoms with Crippen molar-refractivity contribution in [1.82, 2.24) is 5.16 Å². The van der Waals surface area contributed by atoms with Crippen LogP contribution in [0, 0.1) is 5.41 Å². The number of nitrogens with zero attached hydrogens (tertiary/aromatic N) is 1. The minimum Gasteiger partial charge on any atom is -0.380 e. The molecule has 112 valence electrons. The molecule has 3 nitrogen and oxygen atoms in total. The van der Waals surface area contributed by atoms with Crippen molar-refractivity contribution >= 4 is 21.7 Å². The van der Waals surface area contributed by atoms with Gasteiger partial charge in [-0.05, 0) is 36.0 Å². The number of hydrogen-bond acceptors (Lipinski definition) is 3. The lowest BCUT2D eigenvalue weighted by atomic mass is 9.67. The molecule has 0 aliphatic heterocycles. The lowest BCUT2D eigenvalue weighted by Crippen LogP contribution is -2.26. The van der Waals surface area contributed by atoms with Crippen LogP contribution in [-0.4, -0.2) is 5.16 Å². The summed E-state index contributed by atoms with van der Waals surface area (Å²) in [6.07, 6.45) is 4.89. The fraction of sp³-hybridized carbons (Fsp3) is 0.471. The van der Waals surface area contributed by atoms with Crippen molar-refractivity contribution in [3.8, 4) is 11.1 Å². The molecule has 21 heavy (non-hydrogen) atoms. The van der Waals surface area contributed by atoms with Crippen molar-refractivity contribution in [2.75, 3.05) is 5.73 Å². The number of halogens is 1. The molecule has 1 unspecified atom stereocenters. The molecule has 1 fully saturated rings. The van der Waals surface area contributed by atoms with Crippen molar-refractivity contribution in [3.63, 3.8) is 0 Å². The zero-order chi connectivity index (χ0) is 15.0. The first-order chi connectivity index (χ1) is 9.99. The zero-order valence-electron chi connectivity index (χ0n) is 12.5. The fourth-order valence-electron chi connectivity index (χ4n) is 3.47. The van der Waals surface area contributed by atoms with Gasteiger partial charge in [-0.15, -0.1) is 0 Å².